The van der Waals surface area contributed by atoms with Gasteiger partial charge in [-0.1, -0.05) is 11.6 Å². The van der Waals surface area contributed by atoms with E-state index in [1.54, 1.807) is 7.05 Å². The van der Waals surface area contributed by atoms with Gasteiger partial charge in [-0.05, 0) is 37.3 Å². The summed E-state index contributed by atoms with van der Waals surface area (Å²) in [5.41, 5.74) is 0.425. The van der Waals surface area contributed by atoms with Gasteiger partial charge in [-0.3, -0.25) is 4.79 Å². The van der Waals surface area contributed by atoms with E-state index < -0.39 is 0 Å². The molecule has 1 aromatic carbocycles. The van der Waals surface area contributed by atoms with Crippen LogP contribution in [-0.2, 0) is 6.54 Å². The number of furan rings is 1. The van der Waals surface area contributed by atoms with Gasteiger partial charge in [0.15, 0.2) is 0 Å². The number of aryl methyl sites for hydroxylation is 1. The summed E-state index contributed by atoms with van der Waals surface area (Å²) in [4.78, 5) is 13.7. The van der Waals surface area contributed by atoms with Crippen molar-refractivity contribution >= 4 is 17.5 Å². The van der Waals surface area contributed by atoms with Crippen LogP contribution in [-0.4, -0.2) is 23.0 Å². The van der Waals surface area contributed by atoms with Gasteiger partial charge in [0, 0.05) is 12.6 Å². The highest BCUT2D eigenvalue weighted by molar-refractivity contribution is 6.32. The summed E-state index contributed by atoms with van der Waals surface area (Å²) in [7, 11) is 1.68. The molecule has 1 aromatic heterocycles. The number of phenols is 1. The average molecular weight is 280 g/mol. The van der Waals surface area contributed by atoms with Gasteiger partial charge in [-0.25, -0.2) is 0 Å². The van der Waals surface area contributed by atoms with Crippen LogP contribution in [0.15, 0.2) is 34.7 Å². The quantitative estimate of drug-likeness (QED) is 0.938. The zero-order valence-corrected chi connectivity index (χ0v) is 11.4. The van der Waals surface area contributed by atoms with Crippen LogP contribution in [0, 0.1) is 6.92 Å². The molecule has 0 aliphatic heterocycles. The standard InChI is InChI=1S/C14H14ClNO3/c1-9-3-5-11(19-9)8-16(2)14(18)10-4-6-13(17)12(15)7-10/h3-7,17H,8H2,1-2H3. The van der Waals surface area contributed by atoms with Crippen LogP contribution in [0.4, 0.5) is 0 Å². The van der Waals surface area contributed by atoms with Gasteiger partial charge in [-0.2, -0.15) is 0 Å². The Hall–Kier alpha value is -1.94. The number of nitrogens with zero attached hydrogens (tertiary/aromatic N) is 1. The van der Waals surface area contributed by atoms with Crippen molar-refractivity contribution in [2.75, 3.05) is 7.05 Å². The fourth-order valence-corrected chi connectivity index (χ4v) is 1.92. The van der Waals surface area contributed by atoms with Crippen LogP contribution in [0.3, 0.4) is 0 Å². The average Bonchev–Trinajstić information content (AvgIpc) is 2.77. The van der Waals surface area contributed by atoms with Gasteiger partial charge in [0.25, 0.3) is 5.91 Å². The maximum absolute atomic E-state index is 12.2. The Morgan fingerprint density at radius 2 is 2.11 bits per heavy atom. The fraction of sp³-hybridized carbons (Fsp3) is 0.214. The molecule has 100 valence electrons. The smallest absolute Gasteiger partial charge is 0.254 e. The summed E-state index contributed by atoms with van der Waals surface area (Å²) in [6, 6.07) is 8.07. The minimum absolute atomic E-state index is 0.0393. The molecule has 5 heteroatoms. The molecule has 0 aliphatic rings. The van der Waals surface area contributed by atoms with E-state index in [-0.39, 0.29) is 16.7 Å². The minimum atomic E-state index is -0.184. The number of hydrogen-bond acceptors (Lipinski definition) is 3. The van der Waals surface area contributed by atoms with Gasteiger partial charge in [0.1, 0.15) is 17.3 Å². The van der Waals surface area contributed by atoms with Crippen molar-refractivity contribution < 1.29 is 14.3 Å². The van der Waals surface area contributed by atoms with E-state index in [9.17, 15) is 9.90 Å². The summed E-state index contributed by atoms with van der Waals surface area (Å²) in [6.07, 6.45) is 0. The number of benzene rings is 1. The largest absolute Gasteiger partial charge is 0.506 e. The molecular formula is C14H14ClNO3. The first kappa shape index (κ1) is 13.5. The Kier molecular flexibility index (Phi) is 3.81. The molecule has 2 rings (SSSR count). The monoisotopic (exact) mass is 279 g/mol. The number of halogens is 1. The molecule has 0 bridgehead atoms. The predicted molar refractivity (Wildman–Crippen MR) is 72.4 cm³/mol. The number of carbonyl (C=O) groups is 1. The summed E-state index contributed by atoms with van der Waals surface area (Å²) in [6.45, 7) is 2.23. The number of amides is 1. The lowest BCUT2D eigenvalue weighted by Crippen LogP contribution is -2.25. The molecule has 1 amide bonds. The molecule has 0 unspecified atom stereocenters. The number of phenolic OH excluding ortho intramolecular Hbond substituents is 1. The molecular weight excluding hydrogens is 266 g/mol. The van der Waals surface area contributed by atoms with E-state index in [1.165, 1.54) is 23.1 Å². The third kappa shape index (κ3) is 3.09. The van der Waals surface area contributed by atoms with Gasteiger partial charge >= 0.3 is 0 Å². The molecule has 19 heavy (non-hydrogen) atoms. The van der Waals surface area contributed by atoms with Crippen molar-refractivity contribution in [2.45, 2.75) is 13.5 Å². The second-order valence-electron chi connectivity index (χ2n) is 4.34. The van der Waals surface area contributed by atoms with Crippen LogP contribution in [0.2, 0.25) is 5.02 Å². The van der Waals surface area contributed by atoms with Crippen molar-refractivity contribution in [3.8, 4) is 5.75 Å². The molecule has 0 spiro atoms. The van der Waals surface area contributed by atoms with E-state index >= 15 is 0 Å². The topological polar surface area (TPSA) is 53.7 Å². The van der Waals surface area contributed by atoms with Crippen LogP contribution >= 0.6 is 11.6 Å². The lowest BCUT2D eigenvalue weighted by Gasteiger charge is -2.16. The van der Waals surface area contributed by atoms with Crippen molar-refractivity contribution in [1.82, 2.24) is 4.90 Å². The highest BCUT2D eigenvalue weighted by Gasteiger charge is 2.14. The van der Waals surface area contributed by atoms with E-state index in [0.29, 0.717) is 12.1 Å². The SMILES string of the molecule is Cc1ccc(CN(C)C(=O)c2ccc(O)c(Cl)c2)o1. The summed E-state index contributed by atoms with van der Waals surface area (Å²) >= 11 is 5.79. The molecule has 1 N–H and O–H groups in total. The number of hydrogen-bond donors (Lipinski definition) is 1. The van der Waals surface area contributed by atoms with Crippen molar-refractivity contribution in [3.63, 3.8) is 0 Å². The Labute approximate surface area is 116 Å². The molecule has 0 saturated heterocycles. The summed E-state index contributed by atoms with van der Waals surface area (Å²) in [5, 5.41) is 9.49. The maximum atomic E-state index is 12.2. The molecule has 1 heterocycles. The first-order valence-corrected chi connectivity index (χ1v) is 6.14. The zero-order chi connectivity index (χ0) is 14.0. The molecule has 4 nitrogen and oxygen atoms in total. The minimum Gasteiger partial charge on any atom is -0.506 e. The first-order chi connectivity index (χ1) is 8.97. The maximum Gasteiger partial charge on any atom is 0.254 e. The van der Waals surface area contributed by atoms with Crippen molar-refractivity contribution in [3.05, 3.63) is 52.4 Å². The molecule has 0 atom stereocenters. The van der Waals surface area contributed by atoms with Gasteiger partial charge in [-0.15, -0.1) is 0 Å². The second-order valence-corrected chi connectivity index (χ2v) is 4.75. The Morgan fingerprint density at radius 1 is 1.37 bits per heavy atom. The number of aromatic hydroxyl groups is 1. The number of carbonyl (C=O) groups excluding carboxylic acids is 1. The predicted octanol–water partition coefficient (Wildman–Crippen LogP) is 3.22. The molecule has 0 radical (unpaired) electrons. The van der Waals surface area contributed by atoms with Crippen LogP contribution in [0.25, 0.3) is 0 Å². The highest BCUT2D eigenvalue weighted by Crippen LogP contribution is 2.24. The lowest BCUT2D eigenvalue weighted by atomic mass is 10.2. The third-order valence-electron chi connectivity index (χ3n) is 2.73. The molecule has 2 aromatic rings. The summed E-state index contributed by atoms with van der Waals surface area (Å²) in [5.74, 6) is 1.31. The Morgan fingerprint density at radius 3 is 2.68 bits per heavy atom. The molecule has 0 fully saturated rings. The molecule has 0 aliphatic carbocycles. The van der Waals surface area contributed by atoms with Crippen molar-refractivity contribution in [2.24, 2.45) is 0 Å². The van der Waals surface area contributed by atoms with Gasteiger partial charge in [0.05, 0.1) is 11.6 Å². The summed E-state index contributed by atoms with van der Waals surface area (Å²) < 4.78 is 5.42. The van der Waals surface area contributed by atoms with Crippen LogP contribution < -0.4 is 0 Å². The van der Waals surface area contributed by atoms with E-state index in [4.69, 9.17) is 16.0 Å². The first-order valence-electron chi connectivity index (χ1n) is 5.76. The normalized spacial score (nSPS) is 10.5. The van der Waals surface area contributed by atoms with E-state index in [1.807, 2.05) is 19.1 Å². The van der Waals surface area contributed by atoms with E-state index in [2.05, 4.69) is 0 Å². The van der Waals surface area contributed by atoms with Crippen LogP contribution in [0.5, 0.6) is 5.75 Å². The third-order valence-corrected chi connectivity index (χ3v) is 3.03. The van der Waals surface area contributed by atoms with Crippen molar-refractivity contribution in [1.29, 1.82) is 0 Å². The van der Waals surface area contributed by atoms with Gasteiger partial charge < -0.3 is 14.4 Å². The fourth-order valence-electron chi connectivity index (χ4n) is 1.74. The highest BCUT2D eigenvalue weighted by atomic mass is 35.5. The molecule has 0 saturated carbocycles. The second kappa shape index (κ2) is 5.36. The Balaban J connectivity index is 2.12. The van der Waals surface area contributed by atoms with Gasteiger partial charge in [0.2, 0.25) is 0 Å². The zero-order valence-electron chi connectivity index (χ0n) is 10.7. The van der Waals surface area contributed by atoms with Crippen LogP contribution in [0.1, 0.15) is 21.9 Å². The number of rotatable bonds is 3. The Bertz CT molecular complexity index is 606. The van der Waals surface area contributed by atoms with E-state index in [0.717, 1.165) is 11.5 Å². The lowest BCUT2D eigenvalue weighted by molar-refractivity contribution is 0.0775.